The molecule has 0 nitrogen and oxygen atoms in total. The van der Waals surface area contributed by atoms with Crippen LogP contribution in [0.2, 0.25) is 0 Å². The van der Waals surface area contributed by atoms with Gasteiger partial charge in [0.2, 0.25) is 0 Å². The lowest BCUT2D eigenvalue weighted by molar-refractivity contribution is 1.51. The lowest BCUT2D eigenvalue weighted by Gasteiger charge is -2.17. The number of rotatable bonds is 4. The van der Waals surface area contributed by atoms with E-state index in [9.17, 15) is 0 Å². The minimum atomic E-state index is 1.23. The molecule has 0 fully saturated rings. The van der Waals surface area contributed by atoms with E-state index >= 15 is 0 Å². The highest BCUT2D eigenvalue weighted by Gasteiger charge is 2.16. The number of fused-ring (bicyclic) bond motifs is 7. The van der Waals surface area contributed by atoms with Crippen molar-refractivity contribution in [2.45, 2.75) is 6.92 Å². The van der Waals surface area contributed by atoms with Crippen LogP contribution in [0.4, 0.5) is 0 Å². The van der Waals surface area contributed by atoms with E-state index in [1.807, 2.05) is 0 Å². The quantitative estimate of drug-likeness (QED) is 0.167. The summed E-state index contributed by atoms with van der Waals surface area (Å²) in [6, 6.07) is 69.5. The van der Waals surface area contributed by atoms with Crippen LogP contribution in [0.3, 0.4) is 0 Å². The summed E-state index contributed by atoms with van der Waals surface area (Å²) in [4.78, 5) is 0. The van der Waals surface area contributed by atoms with E-state index in [-0.39, 0.29) is 0 Å². The van der Waals surface area contributed by atoms with E-state index in [0.29, 0.717) is 0 Å². The van der Waals surface area contributed by atoms with Crippen molar-refractivity contribution < 1.29 is 0 Å². The molecule has 0 radical (unpaired) electrons. The number of aryl methyl sites for hydroxylation is 1. The molecule has 0 amide bonds. The summed E-state index contributed by atoms with van der Waals surface area (Å²) >= 11 is 0. The van der Waals surface area contributed by atoms with Crippen molar-refractivity contribution in [1.82, 2.24) is 0 Å². The normalized spacial score (nSPS) is 11.6. The number of hydrogen-bond donors (Lipinski definition) is 0. The Hall–Kier alpha value is -6.50. The van der Waals surface area contributed by atoms with E-state index in [4.69, 9.17) is 0 Å². The molecule has 0 unspecified atom stereocenters. The summed E-state index contributed by atoms with van der Waals surface area (Å²) in [7, 11) is 0. The fourth-order valence-corrected chi connectivity index (χ4v) is 8.25. The molecular weight excluding hydrogens is 613 g/mol. The Morgan fingerprint density at radius 2 is 0.647 bits per heavy atom. The van der Waals surface area contributed by atoms with Gasteiger partial charge in [-0.25, -0.2) is 0 Å². The molecule has 0 heterocycles. The molecule has 10 rings (SSSR count). The van der Waals surface area contributed by atoms with E-state index in [1.165, 1.54) is 104 Å². The lowest BCUT2D eigenvalue weighted by Crippen LogP contribution is -1.91. The first-order chi connectivity index (χ1) is 25.2. The summed E-state index contributed by atoms with van der Waals surface area (Å²) in [6.45, 7) is 2.20. The van der Waals surface area contributed by atoms with Gasteiger partial charge in [-0.3, -0.25) is 0 Å². The van der Waals surface area contributed by atoms with Crippen LogP contribution in [0.25, 0.3) is 98.4 Å². The third-order valence-electron chi connectivity index (χ3n) is 10.7. The zero-order chi connectivity index (χ0) is 33.9. The minimum Gasteiger partial charge on any atom is -0.0616 e. The topological polar surface area (TPSA) is 0 Å². The molecular formula is C51H34. The second-order valence-corrected chi connectivity index (χ2v) is 13.8. The van der Waals surface area contributed by atoms with Crippen LogP contribution in [-0.2, 0) is 0 Å². The third-order valence-corrected chi connectivity index (χ3v) is 10.7. The largest absolute Gasteiger partial charge is 0.0616 e. The highest BCUT2D eigenvalue weighted by molar-refractivity contribution is 6.24. The molecule has 10 aromatic rings. The van der Waals surface area contributed by atoms with Crippen molar-refractivity contribution in [1.29, 1.82) is 0 Å². The first-order valence-corrected chi connectivity index (χ1v) is 17.8. The zero-order valence-corrected chi connectivity index (χ0v) is 28.4. The molecule has 238 valence electrons. The lowest BCUT2D eigenvalue weighted by atomic mass is 9.86. The average molecular weight is 647 g/mol. The van der Waals surface area contributed by atoms with Gasteiger partial charge >= 0.3 is 0 Å². The van der Waals surface area contributed by atoms with Gasteiger partial charge in [0.15, 0.2) is 0 Å². The van der Waals surface area contributed by atoms with Gasteiger partial charge in [-0.15, -0.1) is 0 Å². The maximum absolute atomic E-state index is 2.44. The Balaban J connectivity index is 1.20. The highest BCUT2D eigenvalue weighted by atomic mass is 14.2. The van der Waals surface area contributed by atoms with Crippen LogP contribution in [-0.4, -0.2) is 0 Å². The molecule has 0 saturated carbocycles. The monoisotopic (exact) mass is 646 g/mol. The molecule has 0 saturated heterocycles. The van der Waals surface area contributed by atoms with E-state index < -0.39 is 0 Å². The molecule has 0 aliphatic rings. The Morgan fingerprint density at radius 1 is 0.235 bits per heavy atom. The van der Waals surface area contributed by atoms with Crippen LogP contribution in [0.15, 0.2) is 188 Å². The summed E-state index contributed by atoms with van der Waals surface area (Å²) in [5.41, 5.74) is 11.2. The third kappa shape index (κ3) is 4.91. The van der Waals surface area contributed by atoms with Crippen LogP contribution in [0.5, 0.6) is 0 Å². The van der Waals surface area contributed by atoms with Gasteiger partial charge < -0.3 is 0 Å². The van der Waals surface area contributed by atoms with Crippen molar-refractivity contribution in [3.63, 3.8) is 0 Å². The molecule has 0 heteroatoms. The molecule has 51 heavy (non-hydrogen) atoms. The molecule has 0 atom stereocenters. The SMILES string of the molecule is Cc1ccc2c(c1)c(-c1cccc(-c3cccc4ccccc34)c1)cc1c3ccccc3c(-c3cccc(-c4cccc5ccccc45)c3)cc21. The van der Waals surface area contributed by atoms with Crippen molar-refractivity contribution >= 4 is 53.9 Å². The van der Waals surface area contributed by atoms with E-state index in [0.717, 1.165) is 0 Å². The molecule has 0 aliphatic heterocycles. The second-order valence-electron chi connectivity index (χ2n) is 13.8. The maximum atomic E-state index is 2.44. The first-order valence-electron chi connectivity index (χ1n) is 17.8. The first kappa shape index (κ1) is 29.4. The van der Waals surface area contributed by atoms with Crippen LogP contribution < -0.4 is 0 Å². The number of benzene rings is 10. The van der Waals surface area contributed by atoms with Crippen molar-refractivity contribution in [2.75, 3.05) is 0 Å². The minimum absolute atomic E-state index is 1.23. The Kier molecular flexibility index (Phi) is 6.82. The molecule has 0 spiro atoms. The molecule has 0 aliphatic carbocycles. The molecule has 0 aromatic heterocycles. The predicted molar refractivity (Wildman–Crippen MR) is 220 cm³/mol. The maximum Gasteiger partial charge on any atom is -0.00923 e. The average Bonchev–Trinajstić information content (AvgIpc) is 3.19. The van der Waals surface area contributed by atoms with Crippen molar-refractivity contribution in [3.05, 3.63) is 194 Å². The predicted octanol–water partition coefficient (Wildman–Crippen LogP) is 14.4. The summed E-state index contributed by atoms with van der Waals surface area (Å²) in [6.07, 6.45) is 0. The fraction of sp³-hybridized carbons (Fsp3) is 0.0196. The van der Waals surface area contributed by atoms with Crippen LogP contribution in [0.1, 0.15) is 5.56 Å². The Labute approximate surface area is 297 Å². The molecule has 0 N–H and O–H groups in total. The van der Waals surface area contributed by atoms with Gasteiger partial charge in [0, 0.05) is 0 Å². The van der Waals surface area contributed by atoms with Gasteiger partial charge in [-0.1, -0.05) is 169 Å². The van der Waals surface area contributed by atoms with E-state index in [1.54, 1.807) is 0 Å². The Morgan fingerprint density at radius 3 is 1.22 bits per heavy atom. The zero-order valence-electron chi connectivity index (χ0n) is 28.4. The van der Waals surface area contributed by atoms with Gasteiger partial charge in [0.05, 0.1) is 0 Å². The number of hydrogen-bond acceptors (Lipinski definition) is 0. The standard InChI is InChI=1S/C51H34/c1-33-26-27-46-49(28-33)48(39-19-9-17-37(30-39)43-25-11-15-35-13-3-5-21-41(35)43)32-50-45-23-7-6-22-44(45)47(31-51(46)50)38-18-8-16-36(29-38)42-24-10-14-34-12-2-4-20-40(34)42/h2-32H,1H3. The van der Waals surface area contributed by atoms with E-state index in [2.05, 4.69) is 195 Å². The van der Waals surface area contributed by atoms with Crippen LogP contribution in [0, 0.1) is 6.92 Å². The highest BCUT2D eigenvalue weighted by Crippen LogP contribution is 2.43. The Bertz CT molecular complexity index is 2970. The van der Waals surface area contributed by atoms with Gasteiger partial charge in [0.1, 0.15) is 0 Å². The van der Waals surface area contributed by atoms with Gasteiger partial charge in [-0.2, -0.15) is 0 Å². The van der Waals surface area contributed by atoms with Crippen molar-refractivity contribution in [2.24, 2.45) is 0 Å². The molecule has 0 bridgehead atoms. The second kappa shape index (κ2) is 11.8. The van der Waals surface area contributed by atoms with Crippen molar-refractivity contribution in [3.8, 4) is 44.5 Å². The molecule has 10 aromatic carbocycles. The fourth-order valence-electron chi connectivity index (χ4n) is 8.25. The van der Waals surface area contributed by atoms with Gasteiger partial charge in [-0.05, 0) is 130 Å². The smallest absolute Gasteiger partial charge is 0.00923 e. The summed E-state index contributed by atoms with van der Waals surface area (Å²) in [5.74, 6) is 0. The van der Waals surface area contributed by atoms with Gasteiger partial charge in [0.25, 0.3) is 0 Å². The van der Waals surface area contributed by atoms with Crippen LogP contribution >= 0.6 is 0 Å². The summed E-state index contributed by atoms with van der Waals surface area (Å²) in [5, 5.41) is 12.7. The summed E-state index contributed by atoms with van der Waals surface area (Å²) < 4.78 is 0.